The van der Waals surface area contributed by atoms with E-state index in [-0.39, 0.29) is 0 Å². The zero-order valence-electron chi connectivity index (χ0n) is 14.4. The summed E-state index contributed by atoms with van der Waals surface area (Å²) in [4.78, 5) is 8.84. The van der Waals surface area contributed by atoms with Gasteiger partial charge >= 0.3 is 0 Å². The number of aromatic amines is 1. The average molecular weight is 356 g/mol. The van der Waals surface area contributed by atoms with Gasteiger partial charge in [-0.25, -0.2) is 9.97 Å². The number of H-pyrrole nitrogens is 1. The minimum atomic E-state index is 0.304. The Morgan fingerprint density at radius 1 is 1.04 bits per heavy atom. The van der Waals surface area contributed by atoms with Crippen LogP contribution in [0.25, 0.3) is 22.2 Å². The summed E-state index contributed by atoms with van der Waals surface area (Å²) in [5.74, 6) is 3.05. The van der Waals surface area contributed by atoms with Crippen LogP contribution in [0.15, 0.2) is 42.5 Å². The third-order valence-electron chi connectivity index (χ3n) is 5.04. The Kier molecular flexibility index (Phi) is 2.80. The summed E-state index contributed by atoms with van der Waals surface area (Å²) in [6, 6.07) is 13.9. The van der Waals surface area contributed by atoms with Gasteiger partial charge in [0.2, 0.25) is 5.95 Å². The maximum absolute atomic E-state index is 6.22. The maximum Gasteiger partial charge on any atom is 0.220 e. The van der Waals surface area contributed by atoms with Gasteiger partial charge in [-0.3, -0.25) is 5.10 Å². The van der Waals surface area contributed by atoms with E-state index in [4.69, 9.17) is 10.5 Å². The van der Waals surface area contributed by atoms with Gasteiger partial charge in [-0.05, 0) is 43.2 Å². The highest BCUT2D eigenvalue weighted by atomic mass is 16.5. The van der Waals surface area contributed by atoms with Crippen molar-refractivity contribution in [1.82, 2.24) is 20.2 Å². The molecule has 0 amide bonds. The second kappa shape index (κ2) is 5.20. The number of aromatic nitrogens is 4. The fourth-order valence-electron chi connectivity index (χ4n) is 3.57. The fourth-order valence-corrected chi connectivity index (χ4v) is 3.57. The van der Waals surface area contributed by atoms with Gasteiger partial charge in [0.25, 0.3) is 0 Å². The van der Waals surface area contributed by atoms with Crippen LogP contribution < -0.4 is 15.8 Å². The fraction of sp³-hybridized carbons (Fsp3) is 0.150. The van der Waals surface area contributed by atoms with Gasteiger partial charge in [0.15, 0.2) is 11.6 Å². The van der Waals surface area contributed by atoms with Crippen molar-refractivity contribution in [3.05, 3.63) is 48.2 Å². The van der Waals surface area contributed by atoms with E-state index in [1.165, 1.54) is 0 Å². The van der Waals surface area contributed by atoms with Gasteiger partial charge in [-0.2, -0.15) is 5.10 Å². The predicted octanol–water partition coefficient (Wildman–Crippen LogP) is 4.33. The number of nitrogens with two attached hydrogens (primary N) is 1. The summed E-state index contributed by atoms with van der Waals surface area (Å²) >= 11 is 0. The van der Waals surface area contributed by atoms with Gasteiger partial charge in [0.1, 0.15) is 5.75 Å². The van der Waals surface area contributed by atoms with Crippen LogP contribution in [-0.4, -0.2) is 20.2 Å². The molecule has 27 heavy (non-hydrogen) atoms. The van der Waals surface area contributed by atoms with Crippen LogP contribution in [0.5, 0.6) is 11.5 Å². The number of anilines is 3. The molecule has 2 aromatic carbocycles. The molecule has 2 aliphatic rings. The molecule has 0 spiro atoms. The zero-order valence-corrected chi connectivity index (χ0v) is 14.4. The summed E-state index contributed by atoms with van der Waals surface area (Å²) in [6.07, 6.45) is 2.32. The first-order valence-electron chi connectivity index (χ1n) is 8.95. The van der Waals surface area contributed by atoms with Crippen LogP contribution >= 0.6 is 0 Å². The number of para-hydroxylation sites is 2. The normalized spacial score (nSPS) is 15.0. The maximum atomic E-state index is 6.22. The van der Waals surface area contributed by atoms with Gasteiger partial charge in [-0.1, -0.05) is 12.1 Å². The number of hydrogen-bond donors (Lipinski definition) is 3. The highest BCUT2D eigenvalue weighted by molar-refractivity contribution is 6.00. The Labute approximate surface area is 154 Å². The molecule has 7 nitrogen and oxygen atoms in total. The van der Waals surface area contributed by atoms with Crippen LogP contribution in [0.1, 0.15) is 24.5 Å². The van der Waals surface area contributed by atoms with Gasteiger partial charge in [-0.15, -0.1) is 0 Å². The lowest BCUT2D eigenvalue weighted by Gasteiger charge is -2.10. The van der Waals surface area contributed by atoms with E-state index in [1.54, 1.807) is 0 Å². The summed E-state index contributed by atoms with van der Waals surface area (Å²) in [5.41, 5.74) is 10.5. The van der Waals surface area contributed by atoms with E-state index in [0.29, 0.717) is 11.9 Å². The summed E-state index contributed by atoms with van der Waals surface area (Å²) < 4.78 is 6.22. The van der Waals surface area contributed by atoms with Crippen molar-refractivity contribution in [1.29, 1.82) is 0 Å². The van der Waals surface area contributed by atoms with E-state index in [2.05, 4.69) is 25.5 Å². The van der Waals surface area contributed by atoms with Gasteiger partial charge in [0, 0.05) is 17.2 Å². The molecule has 0 atom stereocenters. The van der Waals surface area contributed by atoms with Crippen LogP contribution in [0.2, 0.25) is 0 Å². The van der Waals surface area contributed by atoms with E-state index in [1.807, 2.05) is 42.5 Å². The lowest BCUT2D eigenvalue weighted by atomic mass is 10.1. The molecule has 132 valence electrons. The van der Waals surface area contributed by atoms with Crippen molar-refractivity contribution >= 4 is 28.4 Å². The summed E-state index contributed by atoms with van der Waals surface area (Å²) in [7, 11) is 0. The van der Waals surface area contributed by atoms with Crippen molar-refractivity contribution in [2.75, 3.05) is 11.1 Å². The number of ether oxygens (including phenoxy) is 1. The van der Waals surface area contributed by atoms with Crippen LogP contribution in [-0.2, 0) is 0 Å². The number of benzene rings is 2. The Morgan fingerprint density at radius 3 is 2.81 bits per heavy atom. The second-order valence-corrected chi connectivity index (χ2v) is 7.00. The Bertz CT molecular complexity index is 1210. The van der Waals surface area contributed by atoms with E-state index < -0.39 is 0 Å². The number of fused-ring (bicyclic) bond motifs is 1. The molecule has 0 radical (unpaired) electrons. The first kappa shape index (κ1) is 14.5. The third kappa shape index (κ3) is 2.32. The molecule has 6 rings (SSSR count). The molecule has 1 fully saturated rings. The number of hydrogen-bond acceptors (Lipinski definition) is 6. The van der Waals surface area contributed by atoms with Crippen molar-refractivity contribution in [2.24, 2.45) is 0 Å². The topological polar surface area (TPSA) is 102 Å². The lowest BCUT2D eigenvalue weighted by Crippen LogP contribution is -2.00. The quantitative estimate of drug-likeness (QED) is 0.435. The first-order valence-corrected chi connectivity index (χ1v) is 8.95. The van der Waals surface area contributed by atoms with Crippen LogP contribution in [0, 0.1) is 0 Å². The number of nitrogens with one attached hydrogen (secondary N) is 2. The Hall–Kier alpha value is -3.61. The summed E-state index contributed by atoms with van der Waals surface area (Å²) in [5, 5.41) is 11.8. The lowest BCUT2D eigenvalue weighted by molar-refractivity contribution is 0.492. The summed E-state index contributed by atoms with van der Waals surface area (Å²) in [6.45, 7) is 0. The molecule has 1 aliphatic carbocycles. The largest absolute Gasteiger partial charge is 0.454 e. The number of nitrogen functional groups attached to an aromatic ring is 1. The van der Waals surface area contributed by atoms with Crippen molar-refractivity contribution < 1.29 is 4.74 Å². The van der Waals surface area contributed by atoms with Gasteiger partial charge in [0.05, 0.1) is 22.3 Å². The highest BCUT2D eigenvalue weighted by Crippen LogP contribution is 2.44. The standard InChI is InChI=1S/C20H16N6O/c21-20-23-13(10-5-6-10)9-14(24-20)11-7-15-18-17(8-11)27-16-4-2-1-3-12(16)22-19(18)26-25-15/h1-4,7-10H,5-6H2,(H2,21,23,24)(H2,22,25,26). The monoisotopic (exact) mass is 356 g/mol. The molecule has 1 aliphatic heterocycles. The molecule has 1 saturated carbocycles. The van der Waals surface area contributed by atoms with Crippen LogP contribution in [0.3, 0.4) is 0 Å². The second-order valence-electron chi connectivity index (χ2n) is 7.00. The number of rotatable bonds is 2. The van der Waals surface area contributed by atoms with Crippen molar-refractivity contribution in [3.8, 4) is 22.8 Å². The molecule has 2 aromatic heterocycles. The Balaban J connectivity index is 1.55. The van der Waals surface area contributed by atoms with E-state index in [0.717, 1.165) is 63.7 Å². The van der Waals surface area contributed by atoms with Gasteiger partial charge < -0.3 is 15.8 Å². The average Bonchev–Trinajstić information content (AvgIpc) is 3.46. The van der Waals surface area contributed by atoms with E-state index in [9.17, 15) is 0 Å². The third-order valence-corrected chi connectivity index (χ3v) is 5.04. The molecular weight excluding hydrogens is 340 g/mol. The molecule has 0 unspecified atom stereocenters. The smallest absolute Gasteiger partial charge is 0.220 e. The predicted molar refractivity (Wildman–Crippen MR) is 103 cm³/mol. The minimum Gasteiger partial charge on any atom is -0.454 e. The first-order chi connectivity index (χ1) is 13.2. The van der Waals surface area contributed by atoms with Crippen LogP contribution in [0.4, 0.5) is 17.5 Å². The Morgan fingerprint density at radius 2 is 1.93 bits per heavy atom. The van der Waals surface area contributed by atoms with Crippen molar-refractivity contribution in [2.45, 2.75) is 18.8 Å². The SMILES string of the molecule is Nc1nc(-c2cc3c4c(n[nH]c4c2)Nc2ccccc2O3)cc(C2CC2)n1. The zero-order chi connectivity index (χ0) is 18.0. The van der Waals surface area contributed by atoms with E-state index >= 15 is 0 Å². The molecular formula is C20H16N6O. The molecule has 3 heterocycles. The van der Waals surface area contributed by atoms with Crippen molar-refractivity contribution in [3.63, 3.8) is 0 Å². The molecule has 0 saturated heterocycles. The molecule has 4 N–H and O–H groups in total. The molecule has 4 aromatic rings. The minimum absolute atomic E-state index is 0.304. The number of nitrogens with zero attached hydrogens (tertiary/aromatic N) is 3. The highest BCUT2D eigenvalue weighted by Gasteiger charge is 2.26. The molecule has 0 bridgehead atoms. The molecule has 7 heteroatoms.